The quantitative estimate of drug-likeness (QED) is 0.768. The number of halogens is 3. The number of amides is 2. The first-order valence-electron chi connectivity index (χ1n) is 8.52. The molecule has 1 fully saturated rings. The van der Waals surface area contributed by atoms with E-state index in [1.165, 1.54) is 12.1 Å². The first-order valence-corrected chi connectivity index (χ1v) is 9.34. The molecule has 0 bridgehead atoms. The number of thioether (sulfide) groups is 1. The third-order valence-electron chi connectivity index (χ3n) is 4.63. The van der Waals surface area contributed by atoms with Crippen LogP contribution in [0.2, 0.25) is 0 Å². The number of alkyl halides is 3. The summed E-state index contributed by atoms with van der Waals surface area (Å²) in [6, 6.07) is 3.37. The summed E-state index contributed by atoms with van der Waals surface area (Å²) in [5.41, 5.74) is -0.705. The molecule has 4 nitrogen and oxygen atoms in total. The van der Waals surface area contributed by atoms with Crippen LogP contribution in [0.5, 0.6) is 0 Å². The molecular formula is C18H19F3N2O2S. The molecule has 2 aliphatic rings. The monoisotopic (exact) mass is 384 g/mol. The number of nitrogens with one attached hydrogen (secondary N) is 1. The van der Waals surface area contributed by atoms with Crippen molar-refractivity contribution in [3.05, 3.63) is 34.7 Å². The fourth-order valence-electron chi connectivity index (χ4n) is 3.25. The summed E-state index contributed by atoms with van der Waals surface area (Å²) in [7, 11) is 0. The van der Waals surface area contributed by atoms with Crippen molar-refractivity contribution >= 4 is 29.3 Å². The lowest BCUT2D eigenvalue weighted by molar-refractivity contribution is -0.137. The second kappa shape index (κ2) is 7.34. The summed E-state index contributed by atoms with van der Waals surface area (Å²) in [4.78, 5) is 27.3. The molecule has 2 aliphatic heterocycles. The SMILES string of the molecule is CCC1CCCCN1C(=O)C=C1Sc2ccc(C(F)(F)F)cc2NC1=O. The number of hydrogen-bond donors (Lipinski definition) is 1. The first kappa shape index (κ1) is 18.8. The predicted octanol–water partition coefficient (Wildman–Crippen LogP) is 4.42. The maximum Gasteiger partial charge on any atom is 0.416 e. The number of piperidine rings is 1. The van der Waals surface area contributed by atoms with Crippen LogP contribution in [0.1, 0.15) is 38.2 Å². The van der Waals surface area contributed by atoms with Crippen molar-refractivity contribution in [1.29, 1.82) is 0 Å². The number of likely N-dealkylation sites (tertiary alicyclic amines) is 1. The molecular weight excluding hydrogens is 365 g/mol. The van der Waals surface area contributed by atoms with Crippen molar-refractivity contribution in [1.82, 2.24) is 4.90 Å². The van der Waals surface area contributed by atoms with Gasteiger partial charge in [-0.1, -0.05) is 18.7 Å². The standard InChI is InChI=1S/C18H19F3N2O2S/c1-2-12-5-3-4-8-23(12)16(24)10-15-17(25)22-13-9-11(18(19,20)21)6-7-14(13)26-15/h6-7,9-10,12H,2-5,8H2,1H3,(H,22,25). The molecule has 1 N–H and O–H groups in total. The third kappa shape index (κ3) is 3.90. The van der Waals surface area contributed by atoms with Crippen molar-refractivity contribution in [2.75, 3.05) is 11.9 Å². The van der Waals surface area contributed by atoms with Crippen LogP contribution in [0, 0.1) is 0 Å². The number of carbonyl (C=O) groups excluding carboxylic acids is 2. The Balaban J connectivity index is 1.81. The topological polar surface area (TPSA) is 49.4 Å². The van der Waals surface area contributed by atoms with Gasteiger partial charge < -0.3 is 10.2 Å². The highest BCUT2D eigenvalue weighted by Crippen LogP contribution is 2.41. The molecule has 2 heterocycles. The Morgan fingerprint density at radius 1 is 1.38 bits per heavy atom. The van der Waals surface area contributed by atoms with Gasteiger partial charge in [-0.2, -0.15) is 13.2 Å². The van der Waals surface area contributed by atoms with Crippen LogP contribution < -0.4 is 5.32 Å². The van der Waals surface area contributed by atoms with Crippen molar-refractivity contribution in [3.63, 3.8) is 0 Å². The minimum absolute atomic E-state index is 0.115. The molecule has 0 saturated carbocycles. The van der Waals surface area contributed by atoms with Gasteiger partial charge in [-0.25, -0.2) is 0 Å². The molecule has 0 aliphatic carbocycles. The second-order valence-electron chi connectivity index (χ2n) is 6.36. The van der Waals surface area contributed by atoms with E-state index in [1.807, 2.05) is 6.92 Å². The van der Waals surface area contributed by atoms with Crippen LogP contribution in [0.4, 0.5) is 18.9 Å². The molecule has 1 atom stereocenters. The number of benzene rings is 1. The highest BCUT2D eigenvalue weighted by atomic mass is 32.2. The summed E-state index contributed by atoms with van der Waals surface area (Å²) >= 11 is 1.02. The lowest BCUT2D eigenvalue weighted by atomic mass is 10.00. The fraction of sp³-hybridized carbons (Fsp3) is 0.444. The highest BCUT2D eigenvalue weighted by molar-refractivity contribution is 8.04. The van der Waals surface area contributed by atoms with Crippen LogP contribution in [0.3, 0.4) is 0 Å². The summed E-state index contributed by atoms with van der Waals surface area (Å²) in [6.07, 6.45) is 0.663. The summed E-state index contributed by atoms with van der Waals surface area (Å²) < 4.78 is 38.4. The van der Waals surface area contributed by atoms with Gasteiger partial charge in [-0.15, -0.1) is 0 Å². The van der Waals surface area contributed by atoms with E-state index in [4.69, 9.17) is 0 Å². The van der Waals surface area contributed by atoms with E-state index in [2.05, 4.69) is 5.32 Å². The number of hydrogen-bond acceptors (Lipinski definition) is 3. The van der Waals surface area contributed by atoms with Gasteiger partial charge in [0.05, 0.1) is 16.2 Å². The van der Waals surface area contributed by atoms with Gasteiger partial charge in [0.15, 0.2) is 0 Å². The third-order valence-corrected chi connectivity index (χ3v) is 5.73. The van der Waals surface area contributed by atoms with Crippen molar-refractivity contribution < 1.29 is 22.8 Å². The summed E-state index contributed by atoms with van der Waals surface area (Å²) in [5.74, 6) is -0.773. The van der Waals surface area contributed by atoms with E-state index in [0.29, 0.717) is 11.4 Å². The smallest absolute Gasteiger partial charge is 0.336 e. The molecule has 26 heavy (non-hydrogen) atoms. The lowest BCUT2D eigenvalue weighted by Gasteiger charge is -2.34. The van der Waals surface area contributed by atoms with E-state index >= 15 is 0 Å². The van der Waals surface area contributed by atoms with Crippen LogP contribution in [-0.2, 0) is 15.8 Å². The highest BCUT2D eigenvalue weighted by Gasteiger charge is 2.33. The van der Waals surface area contributed by atoms with Crippen molar-refractivity contribution in [2.45, 2.75) is 49.7 Å². The first-order chi connectivity index (χ1) is 12.3. The van der Waals surface area contributed by atoms with Crippen LogP contribution in [0.15, 0.2) is 34.1 Å². The van der Waals surface area contributed by atoms with Crippen LogP contribution in [-0.4, -0.2) is 29.3 Å². The Kier molecular flexibility index (Phi) is 5.32. The maximum atomic E-state index is 12.8. The van der Waals surface area contributed by atoms with E-state index in [0.717, 1.165) is 49.6 Å². The Bertz CT molecular complexity index is 761. The summed E-state index contributed by atoms with van der Waals surface area (Å²) in [6.45, 7) is 2.69. The zero-order chi connectivity index (χ0) is 18.9. The van der Waals surface area contributed by atoms with Crippen LogP contribution in [0.25, 0.3) is 0 Å². The molecule has 140 valence electrons. The van der Waals surface area contributed by atoms with Gasteiger partial charge in [0.2, 0.25) is 5.91 Å². The normalized spacial score (nSPS) is 22.2. The van der Waals surface area contributed by atoms with Gasteiger partial charge in [0.1, 0.15) is 0 Å². The van der Waals surface area contributed by atoms with E-state index in [9.17, 15) is 22.8 Å². The molecule has 3 rings (SSSR count). The van der Waals surface area contributed by atoms with Gasteiger partial charge >= 0.3 is 6.18 Å². The minimum Gasteiger partial charge on any atom is -0.336 e. The Morgan fingerprint density at radius 2 is 2.15 bits per heavy atom. The average molecular weight is 384 g/mol. The molecule has 2 amide bonds. The fourth-order valence-corrected chi connectivity index (χ4v) is 4.14. The molecule has 0 radical (unpaired) electrons. The number of rotatable bonds is 2. The molecule has 0 aromatic heterocycles. The lowest BCUT2D eigenvalue weighted by Crippen LogP contribution is -2.42. The molecule has 0 spiro atoms. The molecule has 8 heteroatoms. The maximum absolute atomic E-state index is 12.8. The van der Waals surface area contributed by atoms with Crippen molar-refractivity contribution in [2.24, 2.45) is 0 Å². The number of anilines is 1. The largest absolute Gasteiger partial charge is 0.416 e. The van der Waals surface area contributed by atoms with Gasteiger partial charge in [0.25, 0.3) is 5.91 Å². The molecule has 1 aromatic carbocycles. The van der Waals surface area contributed by atoms with Crippen molar-refractivity contribution in [3.8, 4) is 0 Å². The number of nitrogens with zero attached hydrogens (tertiary/aromatic N) is 1. The van der Waals surface area contributed by atoms with E-state index < -0.39 is 17.6 Å². The zero-order valence-corrected chi connectivity index (χ0v) is 15.0. The van der Waals surface area contributed by atoms with Gasteiger partial charge in [-0.05, 0) is 43.9 Å². The van der Waals surface area contributed by atoms with Gasteiger partial charge in [-0.3, -0.25) is 9.59 Å². The molecule has 1 unspecified atom stereocenters. The van der Waals surface area contributed by atoms with E-state index in [1.54, 1.807) is 4.90 Å². The van der Waals surface area contributed by atoms with Gasteiger partial charge in [0, 0.05) is 23.6 Å². The van der Waals surface area contributed by atoms with E-state index in [-0.39, 0.29) is 22.5 Å². The predicted molar refractivity (Wildman–Crippen MR) is 93.7 cm³/mol. The zero-order valence-electron chi connectivity index (χ0n) is 14.2. The molecule has 1 aromatic rings. The summed E-state index contributed by atoms with van der Waals surface area (Å²) in [5, 5.41) is 2.46. The molecule has 1 saturated heterocycles. The Morgan fingerprint density at radius 3 is 2.85 bits per heavy atom. The average Bonchev–Trinajstić information content (AvgIpc) is 2.61. The Hall–Kier alpha value is -1.96. The minimum atomic E-state index is -4.47. The number of fused-ring (bicyclic) bond motifs is 1. The second-order valence-corrected chi connectivity index (χ2v) is 7.45. The number of carbonyl (C=O) groups is 2. The Labute approximate surface area is 153 Å². The van der Waals surface area contributed by atoms with Crippen LogP contribution >= 0.6 is 11.8 Å².